The summed E-state index contributed by atoms with van der Waals surface area (Å²) >= 11 is 0. The fraction of sp³-hybridized carbons (Fsp3) is 0.417. The number of aryl methyl sites for hydroxylation is 1. The number of hydrogen-bond donors (Lipinski definition) is 2. The second-order valence-electron chi connectivity index (χ2n) is 4.35. The summed E-state index contributed by atoms with van der Waals surface area (Å²) in [6, 6.07) is 4.79. The van der Waals surface area contributed by atoms with Gasteiger partial charge in [0.05, 0.1) is 12.0 Å². The Morgan fingerprint density at radius 2 is 2.25 bits per heavy atom. The molecular weight excluding hydrogens is 211 g/mol. The van der Waals surface area contributed by atoms with Gasteiger partial charge in [-0.1, -0.05) is 12.1 Å². The number of carbonyl (C=O) groups is 1. The topological polar surface area (TPSA) is 57.5 Å². The zero-order chi connectivity index (χ0) is 11.8. The second-order valence-corrected chi connectivity index (χ2v) is 4.35. The lowest BCUT2D eigenvalue weighted by Gasteiger charge is -2.32. The predicted molar refractivity (Wildman–Crippen MR) is 55.6 cm³/mol. The molecule has 0 aromatic heterocycles. The molecule has 2 N–H and O–H groups in total. The van der Waals surface area contributed by atoms with E-state index in [4.69, 9.17) is 5.11 Å². The van der Waals surface area contributed by atoms with Crippen LogP contribution in [-0.4, -0.2) is 21.8 Å². The van der Waals surface area contributed by atoms with Gasteiger partial charge in [-0.05, 0) is 30.0 Å². The molecule has 3 nitrogen and oxygen atoms in total. The van der Waals surface area contributed by atoms with Crippen LogP contribution < -0.4 is 0 Å². The van der Waals surface area contributed by atoms with Gasteiger partial charge in [-0.2, -0.15) is 0 Å². The normalized spacial score (nSPS) is 23.9. The highest BCUT2D eigenvalue weighted by atomic mass is 19.1. The van der Waals surface area contributed by atoms with Gasteiger partial charge in [-0.25, -0.2) is 4.39 Å². The molecule has 86 valence electrons. The highest BCUT2D eigenvalue weighted by molar-refractivity contribution is 5.68. The van der Waals surface area contributed by atoms with Crippen LogP contribution in [0.25, 0.3) is 0 Å². The van der Waals surface area contributed by atoms with Crippen LogP contribution in [0.3, 0.4) is 0 Å². The van der Waals surface area contributed by atoms with E-state index in [1.54, 1.807) is 6.07 Å². The molecule has 1 aromatic carbocycles. The molecule has 0 fully saturated rings. The molecule has 1 unspecified atom stereocenters. The van der Waals surface area contributed by atoms with E-state index in [-0.39, 0.29) is 18.7 Å². The third-order valence-corrected chi connectivity index (χ3v) is 3.06. The number of aliphatic hydroxyl groups is 1. The van der Waals surface area contributed by atoms with Crippen LogP contribution >= 0.6 is 0 Å². The molecule has 1 atom stereocenters. The molecule has 0 bridgehead atoms. The van der Waals surface area contributed by atoms with Crippen LogP contribution in [0.4, 0.5) is 4.39 Å². The molecule has 0 aliphatic heterocycles. The van der Waals surface area contributed by atoms with Crippen LogP contribution in [-0.2, 0) is 17.6 Å². The first-order valence-corrected chi connectivity index (χ1v) is 5.21. The van der Waals surface area contributed by atoms with Crippen molar-refractivity contribution in [3.8, 4) is 0 Å². The Morgan fingerprint density at radius 1 is 1.50 bits per heavy atom. The first-order valence-electron chi connectivity index (χ1n) is 5.21. The predicted octanol–water partition coefficient (Wildman–Crippen LogP) is 1.52. The summed E-state index contributed by atoms with van der Waals surface area (Å²) in [4.78, 5) is 10.6. The Kier molecular flexibility index (Phi) is 2.68. The van der Waals surface area contributed by atoms with Gasteiger partial charge in [0, 0.05) is 6.42 Å². The van der Waals surface area contributed by atoms with Crippen molar-refractivity contribution < 1.29 is 19.4 Å². The third kappa shape index (κ3) is 2.07. The van der Waals surface area contributed by atoms with Crippen LogP contribution in [0, 0.1) is 5.82 Å². The SMILES string of the molecule is O=C(O)CC1(O)CCc2cccc(F)c2C1. The average Bonchev–Trinajstić information content (AvgIpc) is 2.18. The monoisotopic (exact) mass is 224 g/mol. The molecule has 0 saturated carbocycles. The maximum atomic E-state index is 13.5. The van der Waals surface area contributed by atoms with Gasteiger partial charge in [0.2, 0.25) is 0 Å². The minimum absolute atomic E-state index is 0.0846. The first kappa shape index (κ1) is 11.1. The molecule has 1 aliphatic carbocycles. The molecule has 1 aliphatic rings. The van der Waals surface area contributed by atoms with Crippen LogP contribution in [0.2, 0.25) is 0 Å². The van der Waals surface area contributed by atoms with Crippen LogP contribution in [0.5, 0.6) is 0 Å². The minimum atomic E-state index is -1.30. The number of carboxylic acid groups (broad SMARTS) is 1. The van der Waals surface area contributed by atoms with Gasteiger partial charge in [-0.3, -0.25) is 4.79 Å². The summed E-state index contributed by atoms with van der Waals surface area (Å²) in [6.45, 7) is 0. The Hall–Kier alpha value is -1.42. The molecule has 0 heterocycles. The van der Waals surface area contributed by atoms with E-state index in [1.807, 2.05) is 6.07 Å². The van der Waals surface area contributed by atoms with Crippen LogP contribution in [0.1, 0.15) is 24.0 Å². The fourth-order valence-electron chi connectivity index (χ4n) is 2.25. The summed E-state index contributed by atoms with van der Waals surface area (Å²) in [5, 5.41) is 18.8. The molecule has 1 aromatic rings. The van der Waals surface area contributed by atoms with E-state index in [0.717, 1.165) is 5.56 Å². The maximum Gasteiger partial charge on any atom is 0.306 e. The number of benzene rings is 1. The van der Waals surface area contributed by atoms with Gasteiger partial charge >= 0.3 is 5.97 Å². The Labute approximate surface area is 92.5 Å². The molecule has 4 heteroatoms. The van der Waals surface area contributed by atoms with Crippen molar-refractivity contribution in [2.45, 2.75) is 31.3 Å². The Balaban J connectivity index is 2.29. The molecular formula is C12H13FO3. The molecule has 0 saturated heterocycles. The average molecular weight is 224 g/mol. The van der Waals surface area contributed by atoms with Crippen molar-refractivity contribution in [3.63, 3.8) is 0 Å². The second kappa shape index (κ2) is 3.87. The third-order valence-electron chi connectivity index (χ3n) is 3.06. The standard InChI is InChI=1S/C12H13FO3/c13-10-3-1-2-8-4-5-12(16,6-9(8)10)7-11(14)15/h1-3,16H,4-7H2,(H,14,15). The van der Waals surface area contributed by atoms with Gasteiger partial charge in [-0.15, -0.1) is 0 Å². The largest absolute Gasteiger partial charge is 0.481 e. The maximum absolute atomic E-state index is 13.5. The van der Waals surface area contributed by atoms with Crippen LogP contribution in [0.15, 0.2) is 18.2 Å². The lowest BCUT2D eigenvalue weighted by molar-refractivity contribution is -0.143. The molecule has 0 spiro atoms. The molecule has 0 radical (unpaired) electrons. The Bertz CT molecular complexity index is 430. The summed E-state index contributed by atoms with van der Waals surface area (Å²) in [5.74, 6) is -1.41. The van der Waals surface area contributed by atoms with E-state index in [1.165, 1.54) is 6.07 Å². The number of halogens is 1. The van der Waals surface area contributed by atoms with Crippen molar-refractivity contribution in [1.82, 2.24) is 0 Å². The molecule has 16 heavy (non-hydrogen) atoms. The molecule has 2 rings (SSSR count). The summed E-state index contributed by atoms with van der Waals surface area (Å²) in [6.07, 6.45) is 0.648. The van der Waals surface area contributed by atoms with E-state index < -0.39 is 11.6 Å². The van der Waals surface area contributed by atoms with Gasteiger partial charge < -0.3 is 10.2 Å². The van der Waals surface area contributed by atoms with Gasteiger partial charge in [0.25, 0.3) is 0 Å². The van der Waals surface area contributed by atoms with E-state index in [9.17, 15) is 14.3 Å². The van der Waals surface area contributed by atoms with E-state index in [2.05, 4.69) is 0 Å². The summed E-state index contributed by atoms with van der Waals surface area (Å²) in [7, 11) is 0. The van der Waals surface area contributed by atoms with Crippen molar-refractivity contribution in [2.24, 2.45) is 0 Å². The van der Waals surface area contributed by atoms with Gasteiger partial charge in [0.1, 0.15) is 5.82 Å². The van der Waals surface area contributed by atoms with E-state index >= 15 is 0 Å². The Morgan fingerprint density at radius 3 is 2.94 bits per heavy atom. The fourth-order valence-corrected chi connectivity index (χ4v) is 2.25. The smallest absolute Gasteiger partial charge is 0.306 e. The highest BCUT2D eigenvalue weighted by Gasteiger charge is 2.35. The van der Waals surface area contributed by atoms with Crippen molar-refractivity contribution >= 4 is 5.97 Å². The van der Waals surface area contributed by atoms with Crippen molar-refractivity contribution in [3.05, 3.63) is 35.1 Å². The number of rotatable bonds is 2. The minimum Gasteiger partial charge on any atom is -0.481 e. The number of fused-ring (bicyclic) bond motifs is 1. The van der Waals surface area contributed by atoms with Crippen molar-refractivity contribution in [2.75, 3.05) is 0 Å². The number of aliphatic carboxylic acids is 1. The zero-order valence-electron chi connectivity index (χ0n) is 8.74. The summed E-state index contributed by atoms with van der Waals surface area (Å²) in [5.41, 5.74) is 0.0219. The number of hydrogen-bond acceptors (Lipinski definition) is 2. The lowest BCUT2D eigenvalue weighted by Crippen LogP contribution is -2.38. The molecule has 0 amide bonds. The number of carboxylic acids is 1. The van der Waals surface area contributed by atoms with Gasteiger partial charge in [0.15, 0.2) is 0 Å². The lowest BCUT2D eigenvalue weighted by atomic mass is 9.78. The van der Waals surface area contributed by atoms with Crippen molar-refractivity contribution in [1.29, 1.82) is 0 Å². The first-order chi connectivity index (χ1) is 7.50. The van der Waals surface area contributed by atoms with E-state index in [0.29, 0.717) is 18.4 Å². The summed E-state index contributed by atoms with van der Waals surface area (Å²) < 4.78 is 13.5. The zero-order valence-corrected chi connectivity index (χ0v) is 8.74. The highest BCUT2D eigenvalue weighted by Crippen LogP contribution is 2.32. The quantitative estimate of drug-likeness (QED) is 0.800.